The van der Waals surface area contributed by atoms with E-state index >= 15 is 0 Å². The third-order valence-corrected chi connectivity index (χ3v) is 3.20. The zero-order chi connectivity index (χ0) is 13.3. The van der Waals surface area contributed by atoms with Gasteiger partial charge in [0.25, 0.3) is 0 Å². The number of halogens is 1. The molecular formula is C11H23ClN2O3S. The Morgan fingerprint density at radius 2 is 2.06 bits per heavy atom. The highest BCUT2D eigenvalue weighted by atomic mass is 35.5. The van der Waals surface area contributed by atoms with Crippen LogP contribution in [0, 0.1) is 0 Å². The van der Waals surface area contributed by atoms with Gasteiger partial charge < -0.3 is 15.8 Å². The number of rotatable bonds is 8. The lowest BCUT2D eigenvalue weighted by molar-refractivity contribution is -0.137. The van der Waals surface area contributed by atoms with Crippen LogP contribution in [0.4, 0.5) is 0 Å². The zero-order valence-corrected chi connectivity index (χ0v) is 12.8. The Kier molecular flexibility index (Phi) is 11.5. The van der Waals surface area contributed by atoms with Gasteiger partial charge in [-0.2, -0.15) is 0 Å². The molecule has 0 heterocycles. The van der Waals surface area contributed by atoms with Gasteiger partial charge in [0.2, 0.25) is 5.91 Å². The summed E-state index contributed by atoms with van der Waals surface area (Å²) in [6, 6.07) is 0. The van der Waals surface area contributed by atoms with E-state index in [1.54, 1.807) is 6.92 Å². The third-order valence-electron chi connectivity index (χ3n) is 2.27. The lowest BCUT2D eigenvalue weighted by Gasteiger charge is -2.22. The number of nitrogens with two attached hydrogens (primary N) is 1. The molecule has 1 unspecified atom stereocenters. The lowest BCUT2D eigenvalue weighted by Crippen LogP contribution is -2.51. The van der Waals surface area contributed by atoms with Gasteiger partial charge in [0, 0.05) is 12.3 Å². The van der Waals surface area contributed by atoms with Crippen molar-refractivity contribution in [2.75, 3.05) is 25.2 Å². The molecule has 0 aliphatic carbocycles. The highest BCUT2D eigenvalue weighted by Gasteiger charge is 2.26. The topological polar surface area (TPSA) is 81.4 Å². The van der Waals surface area contributed by atoms with Crippen molar-refractivity contribution in [3.63, 3.8) is 0 Å². The molecule has 0 rings (SSSR count). The predicted octanol–water partition coefficient (Wildman–Crippen LogP) is 0.948. The van der Waals surface area contributed by atoms with Crippen LogP contribution in [-0.4, -0.2) is 42.6 Å². The highest BCUT2D eigenvalue weighted by molar-refractivity contribution is 7.99. The molecule has 0 aliphatic heterocycles. The molecule has 1 amide bonds. The predicted molar refractivity (Wildman–Crippen MR) is 77.1 cm³/mol. The largest absolute Gasteiger partial charge is 0.468 e. The van der Waals surface area contributed by atoms with Crippen LogP contribution in [0.1, 0.15) is 26.7 Å². The van der Waals surface area contributed by atoms with E-state index in [1.807, 2.05) is 6.92 Å². The number of methoxy groups -OCH3 is 1. The molecule has 0 fully saturated rings. The molecule has 0 radical (unpaired) electrons. The number of carbonyl (C=O) groups excluding carboxylic acids is 2. The molecule has 108 valence electrons. The first kappa shape index (κ1) is 19.9. The van der Waals surface area contributed by atoms with Gasteiger partial charge in [0.15, 0.2) is 0 Å². The first-order valence-corrected chi connectivity index (χ1v) is 6.81. The minimum atomic E-state index is -0.804. The Morgan fingerprint density at radius 1 is 1.44 bits per heavy atom. The van der Waals surface area contributed by atoms with Crippen LogP contribution in [0.5, 0.6) is 0 Å². The van der Waals surface area contributed by atoms with Gasteiger partial charge in [-0.05, 0) is 13.3 Å². The van der Waals surface area contributed by atoms with Crippen LogP contribution in [0.3, 0.4) is 0 Å². The Morgan fingerprint density at radius 3 is 2.56 bits per heavy atom. The summed E-state index contributed by atoms with van der Waals surface area (Å²) in [5, 5.41) is 2.76. The van der Waals surface area contributed by atoms with E-state index in [0.29, 0.717) is 24.5 Å². The van der Waals surface area contributed by atoms with Crippen LogP contribution in [0.25, 0.3) is 0 Å². The van der Waals surface area contributed by atoms with Crippen LogP contribution < -0.4 is 11.1 Å². The maximum absolute atomic E-state index is 11.7. The second kappa shape index (κ2) is 10.5. The smallest absolute Gasteiger partial charge is 0.315 e. The van der Waals surface area contributed by atoms with Crippen molar-refractivity contribution in [1.29, 1.82) is 0 Å². The molecular weight excluding hydrogens is 276 g/mol. The molecule has 0 aromatic heterocycles. The lowest BCUT2D eigenvalue weighted by atomic mass is 9.97. The number of esters is 1. The summed E-state index contributed by atoms with van der Waals surface area (Å²) >= 11 is 1.42. The molecule has 3 N–H and O–H groups in total. The van der Waals surface area contributed by atoms with Crippen molar-refractivity contribution in [3.05, 3.63) is 0 Å². The molecule has 18 heavy (non-hydrogen) atoms. The van der Waals surface area contributed by atoms with E-state index in [4.69, 9.17) is 5.73 Å². The van der Waals surface area contributed by atoms with Gasteiger partial charge in [0.05, 0.1) is 18.4 Å². The summed E-state index contributed by atoms with van der Waals surface area (Å²) in [6.07, 6.45) is 1.53. The summed E-state index contributed by atoms with van der Waals surface area (Å²) in [6.45, 7) is 4.23. The molecule has 0 spiro atoms. The van der Waals surface area contributed by atoms with Crippen molar-refractivity contribution in [2.24, 2.45) is 5.73 Å². The van der Waals surface area contributed by atoms with Gasteiger partial charge in [0.1, 0.15) is 0 Å². The molecule has 0 saturated heterocycles. The summed E-state index contributed by atoms with van der Waals surface area (Å²) in [7, 11) is 1.36. The first-order valence-electron chi connectivity index (χ1n) is 5.65. The number of amides is 1. The van der Waals surface area contributed by atoms with Gasteiger partial charge in [-0.1, -0.05) is 13.3 Å². The first-order chi connectivity index (χ1) is 7.94. The van der Waals surface area contributed by atoms with Crippen LogP contribution in [0.15, 0.2) is 0 Å². The van der Waals surface area contributed by atoms with E-state index in [2.05, 4.69) is 10.1 Å². The van der Waals surface area contributed by atoms with Crippen molar-refractivity contribution in [3.8, 4) is 0 Å². The molecule has 0 bridgehead atoms. The Labute approximate surface area is 119 Å². The highest BCUT2D eigenvalue weighted by Crippen LogP contribution is 2.08. The van der Waals surface area contributed by atoms with E-state index in [-0.39, 0.29) is 24.3 Å². The fraction of sp³-hybridized carbons (Fsp3) is 0.818. The van der Waals surface area contributed by atoms with Gasteiger partial charge >= 0.3 is 5.97 Å². The van der Waals surface area contributed by atoms with Crippen LogP contribution in [0.2, 0.25) is 0 Å². The zero-order valence-electron chi connectivity index (χ0n) is 11.2. The maximum Gasteiger partial charge on any atom is 0.315 e. The molecule has 0 aromatic carbocycles. The second-order valence-corrected chi connectivity index (χ2v) is 5.16. The average molecular weight is 299 g/mol. The standard InChI is InChI=1S/C11H22N2O3S.ClH/c1-4-5-11(2,12)10(15)13-6-7-17-8-9(14)16-3;/h4-8,12H2,1-3H3,(H,13,15);1H. The third kappa shape index (κ3) is 8.60. The Balaban J connectivity index is 0. The molecule has 5 nitrogen and oxygen atoms in total. The molecule has 0 aliphatic rings. The SMILES string of the molecule is CCCC(C)(N)C(=O)NCCSCC(=O)OC.Cl. The number of carbonyl (C=O) groups is 2. The summed E-state index contributed by atoms with van der Waals surface area (Å²) < 4.78 is 4.50. The molecule has 0 aromatic rings. The second-order valence-electron chi connectivity index (χ2n) is 4.05. The number of thioether (sulfide) groups is 1. The monoisotopic (exact) mass is 298 g/mol. The number of ether oxygens (including phenoxy) is 1. The van der Waals surface area contributed by atoms with Gasteiger partial charge in [-0.15, -0.1) is 24.2 Å². The van der Waals surface area contributed by atoms with E-state index in [1.165, 1.54) is 18.9 Å². The number of nitrogens with one attached hydrogen (secondary N) is 1. The Bertz CT molecular complexity index is 263. The van der Waals surface area contributed by atoms with Crippen LogP contribution >= 0.6 is 24.2 Å². The average Bonchev–Trinajstić information content (AvgIpc) is 2.27. The van der Waals surface area contributed by atoms with Crippen molar-refractivity contribution >= 4 is 36.0 Å². The summed E-state index contributed by atoms with van der Waals surface area (Å²) in [5.41, 5.74) is 5.06. The minimum Gasteiger partial charge on any atom is -0.468 e. The normalized spacial score (nSPS) is 13.1. The summed E-state index contributed by atoms with van der Waals surface area (Å²) in [4.78, 5) is 22.5. The van der Waals surface area contributed by atoms with Crippen molar-refractivity contribution in [1.82, 2.24) is 5.32 Å². The van der Waals surface area contributed by atoms with Crippen molar-refractivity contribution in [2.45, 2.75) is 32.2 Å². The van der Waals surface area contributed by atoms with Gasteiger partial charge in [-0.3, -0.25) is 9.59 Å². The van der Waals surface area contributed by atoms with E-state index in [0.717, 1.165) is 6.42 Å². The molecule has 1 atom stereocenters. The van der Waals surface area contributed by atoms with Crippen LogP contribution in [-0.2, 0) is 14.3 Å². The van der Waals surface area contributed by atoms with E-state index < -0.39 is 5.54 Å². The number of hydrogen-bond acceptors (Lipinski definition) is 5. The fourth-order valence-corrected chi connectivity index (χ4v) is 1.96. The quantitative estimate of drug-likeness (QED) is 0.515. The molecule has 0 saturated carbocycles. The molecule has 7 heteroatoms. The Hall–Kier alpha value is -0.460. The van der Waals surface area contributed by atoms with Crippen molar-refractivity contribution < 1.29 is 14.3 Å². The van der Waals surface area contributed by atoms with E-state index in [9.17, 15) is 9.59 Å². The fourth-order valence-electron chi connectivity index (χ4n) is 1.29. The number of hydrogen-bond donors (Lipinski definition) is 2. The maximum atomic E-state index is 11.7. The minimum absolute atomic E-state index is 0. The van der Waals surface area contributed by atoms with Gasteiger partial charge in [-0.25, -0.2) is 0 Å². The summed E-state index contributed by atoms with van der Waals surface area (Å²) in [5.74, 6) is 0.582.